The second-order valence-electron chi connectivity index (χ2n) is 6.50. The molecule has 0 aromatic heterocycles. The van der Waals surface area contributed by atoms with Crippen molar-refractivity contribution in [3.8, 4) is 0 Å². The van der Waals surface area contributed by atoms with Gasteiger partial charge >= 0.3 is 0 Å². The summed E-state index contributed by atoms with van der Waals surface area (Å²) in [5.41, 5.74) is 2.06. The molecule has 5 heteroatoms. The number of halogens is 1. The van der Waals surface area contributed by atoms with Gasteiger partial charge in [-0.15, -0.1) is 0 Å². The fourth-order valence-electron chi connectivity index (χ4n) is 3.52. The van der Waals surface area contributed by atoms with E-state index in [9.17, 15) is 9.59 Å². The molecule has 23 heavy (non-hydrogen) atoms. The van der Waals surface area contributed by atoms with Crippen molar-refractivity contribution < 1.29 is 9.59 Å². The zero-order valence-electron chi connectivity index (χ0n) is 12.7. The number of hydrogen-bond donors (Lipinski definition) is 0. The summed E-state index contributed by atoms with van der Waals surface area (Å²) >= 11 is 7.81. The highest BCUT2D eigenvalue weighted by atomic mass is 35.5. The average Bonchev–Trinajstić information content (AvgIpc) is 3.31. The third-order valence-corrected chi connectivity index (χ3v) is 6.37. The lowest BCUT2D eigenvalue weighted by atomic mass is 9.94. The Kier molecular flexibility index (Phi) is 4.08. The number of thioether (sulfide) groups is 1. The maximum Gasteiger partial charge on any atom is 0.212 e. The Balaban J connectivity index is 1.66. The molecular weight excluding hydrogens is 330 g/mol. The molecule has 1 aromatic rings. The van der Waals surface area contributed by atoms with E-state index in [0.717, 1.165) is 36.9 Å². The van der Waals surface area contributed by atoms with Crippen molar-refractivity contribution >= 4 is 34.3 Å². The summed E-state index contributed by atoms with van der Waals surface area (Å²) in [4.78, 5) is 26.8. The molecule has 2 unspecified atom stereocenters. The van der Waals surface area contributed by atoms with Crippen LogP contribution >= 0.6 is 23.4 Å². The number of Topliss-reactive ketones (excluding diaryl/α,β-unsaturated/α-hetero) is 1. The number of likely N-dealkylation sites (tertiary alicyclic amines) is 1. The highest BCUT2D eigenvalue weighted by Gasteiger charge is 2.42. The molecule has 2 atom stereocenters. The Bertz CT molecular complexity index is 698. The number of carbonyl (C=O) groups is 2. The van der Waals surface area contributed by atoms with Crippen molar-refractivity contribution in [2.45, 2.75) is 30.6 Å². The molecule has 1 aliphatic carbocycles. The third kappa shape index (κ3) is 3.00. The van der Waals surface area contributed by atoms with Gasteiger partial charge in [0.25, 0.3) is 0 Å². The lowest BCUT2D eigenvalue weighted by Gasteiger charge is -2.37. The van der Waals surface area contributed by atoms with Crippen LogP contribution in [0.25, 0.3) is 0 Å². The van der Waals surface area contributed by atoms with Crippen LogP contribution in [0, 0.1) is 5.92 Å². The van der Waals surface area contributed by atoms with E-state index in [2.05, 4.69) is 4.90 Å². The summed E-state index contributed by atoms with van der Waals surface area (Å²) < 4.78 is 0. The number of carbonyl (C=O) groups excluding carboxylic acids is 2. The fraction of sp³-hybridized carbons (Fsp3) is 0.444. The van der Waals surface area contributed by atoms with Gasteiger partial charge in [-0.2, -0.15) is 0 Å². The molecule has 0 radical (unpaired) electrons. The van der Waals surface area contributed by atoms with Crippen LogP contribution in [0.15, 0.2) is 35.9 Å². The predicted octanol–water partition coefficient (Wildman–Crippen LogP) is 3.63. The van der Waals surface area contributed by atoms with Crippen LogP contribution in [-0.2, 0) is 9.59 Å². The van der Waals surface area contributed by atoms with E-state index in [1.54, 1.807) is 6.08 Å². The molecule has 1 saturated heterocycles. The molecule has 0 N–H and O–H groups in total. The SMILES string of the molecule is O=C1C=C2CN(C(C(=O)C3CC3)c3ccccc3Cl)CCC2S1. The number of rotatable bonds is 4. The van der Waals surface area contributed by atoms with Gasteiger partial charge in [0.05, 0.1) is 6.04 Å². The summed E-state index contributed by atoms with van der Waals surface area (Å²) in [7, 11) is 0. The molecule has 3 aliphatic rings. The standard InChI is InChI=1S/C18H18ClNO2S/c19-14-4-2-1-3-13(14)17(18(22)11-5-6-11)20-8-7-15-12(10-20)9-16(21)23-15/h1-4,9,11,15,17H,5-8,10H2. The first-order valence-corrected chi connectivity index (χ1v) is 9.32. The van der Waals surface area contributed by atoms with E-state index in [1.165, 1.54) is 11.8 Å². The largest absolute Gasteiger partial charge is 0.297 e. The molecule has 120 valence electrons. The van der Waals surface area contributed by atoms with Crippen LogP contribution in [0.4, 0.5) is 0 Å². The first-order valence-electron chi connectivity index (χ1n) is 8.07. The van der Waals surface area contributed by atoms with Gasteiger partial charge in [0, 0.05) is 29.3 Å². The zero-order chi connectivity index (χ0) is 16.0. The molecule has 2 heterocycles. The maximum atomic E-state index is 12.9. The van der Waals surface area contributed by atoms with E-state index >= 15 is 0 Å². The molecule has 0 spiro atoms. The monoisotopic (exact) mass is 347 g/mol. The molecule has 4 rings (SSSR count). The van der Waals surface area contributed by atoms with Crippen LogP contribution < -0.4 is 0 Å². The van der Waals surface area contributed by atoms with E-state index in [1.807, 2.05) is 24.3 Å². The molecule has 2 fully saturated rings. The lowest BCUT2D eigenvalue weighted by Crippen LogP contribution is -2.42. The van der Waals surface area contributed by atoms with Crippen molar-refractivity contribution in [1.29, 1.82) is 0 Å². The molecule has 1 aromatic carbocycles. The summed E-state index contributed by atoms with van der Waals surface area (Å²) in [6, 6.07) is 7.37. The highest BCUT2D eigenvalue weighted by molar-refractivity contribution is 8.15. The Morgan fingerprint density at radius 1 is 1.26 bits per heavy atom. The van der Waals surface area contributed by atoms with Gasteiger partial charge in [-0.1, -0.05) is 41.6 Å². The summed E-state index contributed by atoms with van der Waals surface area (Å²) in [5, 5.41) is 1.11. The highest BCUT2D eigenvalue weighted by Crippen LogP contribution is 2.42. The molecule has 1 saturated carbocycles. The van der Waals surface area contributed by atoms with E-state index in [4.69, 9.17) is 11.6 Å². The van der Waals surface area contributed by atoms with E-state index in [-0.39, 0.29) is 22.9 Å². The number of nitrogens with zero attached hydrogens (tertiary/aromatic N) is 1. The number of ketones is 1. The van der Waals surface area contributed by atoms with Crippen LogP contribution in [0.2, 0.25) is 5.02 Å². The topological polar surface area (TPSA) is 37.4 Å². The minimum Gasteiger partial charge on any atom is -0.297 e. The third-order valence-electron chi connectivity index (χ3n) is 4.85. The smallest absolute Gasteiger partial charge is 0.212 e. The summed E-state index contributed by atoms with van der Waals surface area (Å²) in [5.74, 6) is 0.469. The average molecular weight is 348 g/mol. The van der Waals surface area contributed by atoms with Gasteiger partial charge in [0.1, 0.15) is 0 Å². The van der Waals surface area contributed by atoms with Crippen LogP contribution in [-0.4, -0.2) is 34.1 Å². The van der Waals surface area contributed by atoms with Crippen molar-refractivity contribution in [1.82, 2.24) is 4.90 Å². The zero-order valence-corrected chi connectivity index (χ0v) is 14.3. The van der Waals surface area contributed by atoms with Gasteiger partial charge in [0.2, 0.25) is 5.12 Å². The Labute approximate surface area is 145 Å². The van der Waals surface area contributed by atoms with Gasteiger partial charge in [-0.3, -0.25) is 14.5 Å². The van der Waals surface area contributed by atoms with Crippen LogP contribution in [0.5, 0.6) is 0 Å². The minimum atomic E-state index is -0.279. The fourth-order valence-corrected chi connectivity index (χ4v) is 4.78. The normalized spacial score (nSPS) is 25.9. The second kappa shape index (κ2) is 6.08. The first-order chi connectivity index (χ1) is 11.1. The number of piperidine rings is 1. The van der Waals surface area contributed by atoms with Crippen molar-refractivity contribution in [3.05, 3.63) is 46.5 Å². The van der Waals surface area contributed by atoms with Gasteiger partial charge in [0.15, 0.2) is 5.78 Å². The quantitative estimate of drug-likeness (QED) is 0.833. The Morgan fingerprint density at radius 2 is 2.04 bits per heavy atom. The van der Waals surface area contributed by atoms with Crippen molar-refractivity contribution in [2.75, 3.05) is 13.1 Å². The Hall–Kier alpha value is -1.10. The minimum absolute atomic E-state index is 0.148. The van der Waals surface area contributed by atoms with Gasteiger partial charge < -0.3 is 0 Å². The Morgan fingerprint density at radius 3 is 2.78 bits per heavy atom. The maximum absolute atomic E-state index is 12.9. The second-order valence-corrected chi connectivity index (χ2v) is 8.12. The molecular formula is C18H18ClNO2S. The van der Waals surface area contributed by atoms with Gasteiger partial charge in [-0.05, 0) is 42.5 Å². The number of benzene rings is 1. The van der Waals surface area contributed by atoms with Gasteiger partial charge in [-0.25, -0.2) is 0 Å². The summed E-state index contributed by atoms with van der Waals surface area (Å²) in [6.07, 6.45) is 4.66. The number of fused-ring (bicyclic) bond motifs is 1. The molecule has 0 amide bonds. The van der Waals surface area contributed by atoms with Crippen LogP contribution in [0.3, 0.4) is 0 Å². The van der Waals surface area contributed by atoms with Crippen molar-refractivity contribution in [3.63, 3.8) is 0 Å². The molecule has 0 bridgehead atoms. The molecule has 2 aliphatic heterocycles. The number of hydrogen-bond acceptors (Lipinski definition) is 4. The summed E-state index contributed by atoms with van der Waals surface area (Å²) in [6.45, 7) is 1.52. The van der Waals surface area contributed by atoms with Crippen LogP contribution in [0.1, 0.15) is 30.9 Å². The first kappa shape index (κ1) is 15.4. The lowest BCUT2D eigenvalue weighted by molar-refractivity contribution is -0.125. The van der Waals surface area contributed by atoms with Crippen molar-refractivity contribution in [2.24, 2.45) is 5.92 Å². The molecule has 3 nitrogen and oxygen atoms in total. The van der Waals surface area contributed by atoms with E-state index < -0.39 is 0 Å². The predicted molar refractivity (Wildman–Crippen MR) is 92.6 cm³/mol. The van der Waals surface area contributed by atoms with E-state index in [0.29, 0.717) is 16.8 Å².